The number of nitrogens with one attached hydrogen (secondary N) is 3. The highest BCUT2D eigenvalue weighted by Gasteiger charge is 2.24. The molecule has 1 aliphatic carbocycles. The van der Waals surface area contributed by atoms with Crippen LogP contribution in [-0.2, 0) is 4.79 Å². The van der Waals surface area contributed by atoms with Crippen molar-refractivity contribution in [2.24, 2.45) is 16.3 Å². The summed E-state index contributed by atoms with van der Waals surface area (Å²) in [6.07, 6.45) is 6.55. The van der Waals surface area contributed by atoms with Gasteiger partial charge in [-0.2, -0.15) is 0 Å². The van der Waals surface area contributed by atoms with Crippen molar-refractivity contribution in [3.63, 3.8) is 0 Å². The van der Waals surface area contributed by atoms with Crippen molar-refractivity contribution in [3.05, 3.63) is 0 Å². The summed E-state index contributed by atoms with van der Waals surface area (Å²) in [5, 5.41) is 9.76. The molecule has 0 aromatic rings. The monoisotopic (exact) mass is 324 g/mol. The Labute approximate surface area is 142 Å². The second-order valence-electron chi connectivity index (χ2n) is 7.92. The smallest absolute Gasteiger partial charge is 0.223 e. The van der Waals surface area contributed by atoms with E-state index in [2.05, 4.69) is 48.6 Å². The normalized spacial score (nSPS) is 17.3. The molecule has 1 saturated carbocycles. The van der Waals surface area contributed by atoms with Gasteiger partial charge < -0.3 is 16.0 Å². The van der Waals surface area contributed by atoms with E-state index in [1.807, 2.05) is 0 Å². The Kier molecular flexibility index (Phi) is 8.42. The summed E-state index contributed by atoms with van der Waals surface area (Å²) in [5.74, 6) is 1.35. The molecule has 0 radical (unpaired) electrons. The summed E-state index contributed by atoms with van der Waals surface area (Å²) >= 11 is 0. The maximum Gasteiger partial charge on any atom is 0.223 e. The lowest BCUT2D eigenvalue weighted by Crippen LogP contribution is -2.43. The molecule has 0 aromatic heterocycles. The minimum absolute atomic E-state index is 0.231. The van der Waals surface area contributed by atoms with Crippen LogP contribution in [0.15, 0.2) is 4.99 Å². The van der Waals surface area contributed by atoms with Gasteiger partial charge in [0.1, 0.15) is 0 Å². The molecule has 23 heavy (non-hydrogen) atoms. The average Bonchev–Trinajstić information content (AvgIpc) is 2.40. The predicted octanol–water partition coefficient (Wildman–Crippen LogP) is 2.67. The van der Waals surface area contributed by atoms with Crippen LogP contribution in [0.25, 0.3) is 0 Å². The fraction of sp³-hybridized carbons (Fsp3) is 0.889. The maximum atomic E-state index is 11.7. The maximum absolute atomic E-state index is 11.7. The van der Waals surface area contributed by atoms with Crippen LogP contribution < -0.4 is 16.0 Å². The van der Waals surface area contributed by atoms with Gasteiger partial charge in [0, 0.05) is 32.1 Å². The number of hydrogen-bond donors (Lipinski definition) is 3. The molecule has 1 amide bonds. The van der Waals surface area contributed by atoms with E-state index in [1.165, 1.54) is 12.8 Å². The van der Waals surface area contributed by atoms with E-state index in [4.69, 9.17) is 0 Å². The fourth-order valence-corrected chi connectivity index (χ4v) is 2.47. The Morgan fingerprint density at radius 1 is 1.22 bits per heavy atom. The van der Waals surface area contributed by atoms with Crippen molar-refractivity contribution in [2.75, 3.05) is 20.1 Å². The largest absolute Gasteiger partial charge is 0.356 e. The average molecular weight is 325 g/mol. The molecule has 1 atom stereocenters. The zero-order valence-corrected chi connectivity index (χ0v) is 15.7. The molecule has 1 aliphatic rings. The molecule has 0 bridgehead atoms. The summed E-state index contributed by atoms with van der Waals surface area (Å²) in [6, 6.07) is 0.402. The van der Waals surface area contributed by atoms with Crippen molar-refractivity contribution in [2.45, 2.75) is 72.3 Å². The highest BCUT2D eigenvalue weighted by Crippen LogP contribution is 2.26. The third kappa shape index (κ3) is 8.82. The summed E-state index contributed by atoms with van der Waals surface area (Å²) < 4.78 is 0. The minimum atomic E-state index is 0.231. The Hall–Kier alpha value is -1.26. The lowest BCUT2D eigenvalue weighted by atomic mass is 9.85. The molecule has 0 aromatic carbocycles. The number of aliphatic imine (C=N–C) groups is 1. The van der Waals surface area contributed by atoms with Gasteiger partial charge in [-0.1, -0.05) is 27.2 Å². The number of rotatable bonds is 8. The van der Waals surface area contributed by atoms with Crippen molar-refractivity contribution < 1.29 is 4.79 Å². The Morgan fingerprint density at radius 3 is 2.39 bits per heavy atom. The molecule has 3 N–H and O–H groups in total. The summed E-state index contributed by atoms with van der Waals surface area (Å²) in [4.78, 5) is 16.0. The van der Waals surface area contributed by atoms with Gasteiger partial charge in [-0.25, -0.2) is 0 Å². The van der Waals surface area contributed by atoms with Crippen LogP contribution in [-0.4, -0.2) is 38.0 Å². The van der Waals surface area contributed by atoms with Gasteiger partial charge in [0.05, 0.1) is 0 Å². The minimum Gasteiger partial charge on any atom is -0.356 e. The van der Waals surface area contributed by atoms with Crippen molar-refractivity contribution in [1.29, 1.82) is 0 Å². The standard InChI is InChI=1S/C18H36N4O/c1-14(10-11-18(2,3)4)22-17(19-5)21-13-7-12-20-16(23)15-8-6-9-15/h14-15H,6-13H2,1-5H3,(H,20,23)(H2,19,21,22). The van der Waals surface area contributed by atoms with Crippen LogP contribution in [0.2, 0.25) is 0 Å². The Bertz CT molecular complexity index is 383. The van der Waals surface area contributed by atoms with Crippen LogP contribution in [0, 0.1) is 11.3 Å². The Morgan fingerprint density at radius 2 is 1.87 bits per heavy atom. The van der Waals surface area contributed by atoms with Crippen molar-refractivity contribution in [3.8, 4) is 0 Å². The lowest BCUT2D eigenvalue weighted by molar-refractivity contribution is -0.127. The van der Waals surface area contributed by atoms with E-state index in [0.717, 1.165) is 44.7 Å². The first-order chi connectivity index (χ1) is 10.8. The highest BCUT2D eigenvalue weighted by molar-refractivity contribution is 5.80. The van der Waals surface area contributed by atoms with E-state index >= 15 is 0 Å². The van der Waals surface area contributed by atoms with Crippen molar-refractivity contribution >= 4 is 11.9 Å². The van der Waals surface area contributed by atoms with E-state index in [-0.39, 0.29) is 11.8 Å². The van der Waals surface area contributed by atoms with Gasteiger partial charge in [-0.05, 0) is 44.4 Å². The van der Waals surface area contributed by atoms with Crippen LogP contribution >= 0.6 is 0 Å². The molecule has 0 aliphatic heterocycles. The number of guanidine groups is 1. The van der Waals surface area contributed by atoms with E-state index in [9.17, 15) is 4.79 Å². The molecule has 1 unspecified atom stereocenters. The number of carbonyl (C=O) groups is 1. The first-order valence-corrected chi connectivity index (χ1v) is 9.07. The summed E-state index contributed by atoms with van der Waals surface area (Å²) in [7, 11) is 1.80. The predicted molar refractivity (Wildman–Crippen MR) is 97.6 cm³/mol. The SMILES string of the molecule is CN=C(NCCCNC(=O)C1CCC1)NC(C)CCC(C)(C)C. The topological polar surface area (TPSA) is 65.5 Å². The zero-order valence-electron chi connectivity index (χ0n) is 15.7. The molecule has 1 fully saturated rings. The first-order valence-electron chi connectivity index (χ1n) is 9.07. The van der Waals surface area contributed by atoms with Gasteiger partial charge >= 0.3 is 0 Å². The third-order valence-electron chi connectivity index (χ3n) is 4.36. The molecule has 5 heteroatoms. The number of amides is 1. The zero-order chi connectivity index (χ0) is 17.3. The molecule has 1 rings (SSSR count). The second-order valence-corrected chi connectivity index (χ2v) is 7.92. The Balaban J connectivity index is 2.10. The van der Waals surface area contributed by atoms with E-state index < -0.39 is 0 Å². The van der Waals surface area contributed by atoms with Crippen LogP contribution in [0.3, 0.4) is 0 Å². The van der Waals surface area contributed by atoms with Gasteiger partial charge in [0.25, 0.3) is 0 Å². The number of carbonyl (C=O) groups excluding carboxylic acids is 1. The molecule has 5 nitrogen and oxygen atoms in total. The second kappa shape index (κ2) is 9.78. The first kappa shape index (κ1) is 19.8. The van der Waals surface area contributed by atoms with Crippen LogP contribution in [0.4, 0.5) is 0 Å². The molecule has 0 spiro atoms. The van der Waals surface area contributed by atoms with Crippen LogP contribution in [0.1, 0.15) is 66.2 Å². The van der Waals surface area contributed by atoms with Crippen LogP contribution in [0.5, 0.6) is 0 Å². The highest BCUT2D eigenvalue weighted by atomic mass is 16.1. The van der Waals surface area contributed by atoms with Gasteiger partial charge in [0.15, 0.2) is 5.96 Å². The molecular formula is C18H36N4O. The molecule has 134 valence electrons. The van der Waals surface area contributed by atoms with Gasteiger partial charge in [-0.15, -0.1) is 0 Å². The number of nitrogens with zero attached hydrogens (tertiary/aromatic N) is 1. The quantitative estimate of drug-likeness (QED) is 0.365. The van der Waals surface area contributed by atoms with Crippen molar-refractivity contribution in [1.82, 2.24) is 16.0 Å². The summed E-state index contributed by atoms with van der Waals surface area (Å²) in [6.45, 7) is 10.5. The van der Waals surface area contributed by atoms with Gasteiger partial charge in [0.2, 0.25) is 5.91 Å². The van der Waals surface area contributed by atoms with E-state index in [1.54, 1.807) is 7.05 Å². The fourth-order valence-electron chi connectivity index (χ4n) is 2.47. The molecular weight excluding hydrogens is 288 g/mol. The number of hydrogen-bond acceptors (Lipinski definition) is 2. The third-order valence-corrected chi connectivity index (χ3v) is 4.36. The molecule has 0 heterocycles. The van der Waals surface area contributed by atoms with E-state index in [0.29, 0.717) is 11.5 Å². The lowest BCUT2D eigenvalue weighted by Gasteiger charge is -2.24. The summed E-state index contributed by atoms with van der Waals surface area (Å²) in [5.41, 5.74) is 0.367. The van der Waals surface area contributed by atoms with Gasteiger partial charge in [-0.3, -0.25) is 9.79 Å². The molecule has 0 saturated heterocycles.